The van der Waals surface area contributed by atoms with Crippen LogP contribution in [0.2, 0.25) is 0 Å². The fourth-order valence-electron chi connectivity index (χ4n) is 3.31. The highest BCUT2D eigenvalue weighted by Gasteiger charge is 2.34. The molecule has 1 aromatic heterocycles. The van der Waals surface area contributed by atoms with Gasteiger partial charge in [-0.1, -0.05) is 6.07 Å². The average Bonchev–Trinajstić information content (AvgIpc) is 3.11. The topological polar surface area (TPSA) is 76.4 Å². The standard InChI is InChI=1S/C20H27F3N6O.HI/c1-19(2,3)30-15-7-5-13(16(9-15)20(21,22)23)10-25-18(24-4)28-14-6-8-17-26-12-27-29(17)11-14;/h5,7,9,12,14H,6,8,10-11H2,1-4H3,(H2,24,25,28);1H. The number of ether oxygens (including phenoxy) is 1. The minimum absolute atomic E-state index is 0. The molecule has 0 radical (unpaired) electrons. The lowest BCUT2D eigenvalue weighted by atomic mass is 10.1. The number of aliphatic imine (C=N–C) groups is 1. The summed E-state index contributed by atoms with van der Waals surface area (Å²) in [7, 11) is 1.59. The molecule has 0 aliphatic carbocycles. The molecule has 0 fully saturated rings. The Labute approximate surface area is 196 Å². The molecule has 0 saturated carbocycles. The van der Waals surface area contributed by atoms with Crippen molar-refractivity contribution < 1.29 is 17.9 Å². The number of halogens is 4. The Hall–Kier alpha value is -2.05. The van der Waals surface area contributed by atoms with Gasteiger partial charge < -0.3 is 15.4 Å². The van der Waals surface area contributed by atoms with E-state index in [1.165, 1.54) is 12.4 Å². The second kappa shape index (κ2) is 10.0. The van der Waals surface area contributed by atoms with Gasteiger partial charge in [-0.25, -0.2) is 9.67 Å². The van der Waals surface area contributed by atoms with Crippen LogP contribution in [0.25, 0.3) is 0 Å². The molecule has 3 rings (SSSR count). The second-order valence-electron chi connectivity index (χ2n) is 8.20. The monoisotopic (exact) mass is 552 g/mol. The Morgan fingerprint density at radius 1 is 1.29 bits per heavy atom. The van der Waals surface area contributed by atoms with Gasteiger partial charge in [0.2, 0.25) is 0 Å². The van der Waals surface area contributed by atoms with Crippen LogP contribution in [-0.2, 0) is 25.7 Å². The van der Waals surface area contributed by atoms with Gasteiger partial charge in [-0.15, -0.1) is 24.0 Å². The third-order valence-corrected chi connectivity index (χ3v) is 4.63. The van der Waals surface area contributed by atoms with Gasteiger partial charge >= 0.3 is 6.18 Å². The average molecular weight is 552 g/mol. The molecule has 0 spiro atoms. The molecule has 7 nitrogen and oxygen atoms in total. The molecule has 2 aromatic rings. The van der Waals surface area contributed by atoms with Gasteiger partial charge in [-0.3, -0.25) is 4.99 Å². The van der Waals surface area contributed by atoms with Crippen molar-refractivity contribution >= 4 is 29.9 Å². The zero-order valence-electron chi connectivity index (χ0n) is 18.0. The molecule has 11 heteroatoms. The summed E-state index contributed by atoms with van der Waals surface area (Å²) < 4.78 is 48.2. The quantitative estimate of drug-likeness (QED) is 0.343. The van der Waals surface area contributed by atoms with Crippen molar-refractivity contribution in [3.8, 4) is 5.75 Å². The largest absolute Gasteiger partial charge is 0.488 e. The number of rotatable bonds is 4. The number of aryl methyl sites for hydroxylation is 1. The lowest BCUT2D eigenvalue weighted by Gasteiger charge is -2.26. The molecule has 2 N–H and O–H groups in total. The third kappa shape index (κ3) is 6.97. The smallest absolute Gasteiger partial charge is 0.416 e. The van der Waals surface area contributed by atoms with Crippen LogP contribution in [0, 0.1) is 0 Å². The van der Waals surface area contributed by atoms with E-state index in [-0.39, 0.29) is 47.9 Å². The molecular formula is C20H28F3IN6O. The number of hydrogen-bond donors (Lipinski definition) is 2. The Morgan fingerprint density at radius 2 is 2.03 bits per heavy atom. The number of hydrogen-bond acceptors (Lipinski definition) is 4. The first kappa shape index (κ1) is 25.2. The first-order valence-corrected chi connectivity index (χ1v) is 9.78. The zero-order valence-corrected chi connectivity index (χ0v) is 20.3. The summed E-state index contributed by atoms with van der Waals surface area (Å²) in [6, 6.07) is 4.11. The maximum absolute atomic E-state index is 13.6. The lowest BCUT2D eigenvalue weighted by Crippen LogP contribution is -2.47. The number of fused-ring (bicyclic) bond motifs is 1. The molecule has 0 saturated heterocycles. The van der Waals surface area contributed by atoms with E-state index in [4.69, 9.17) is 4.74 Å². The van der Waals surface area contributed by atoms with Gasteiger partial charge in [0, 0.05) is 26.1 Å². The van der Waals surface area contributed by atoms with Gasteiger partial charge in [0.15, 0.2) is 5.96 Å². The van der Waals surface area contributed by atoms with Crippen LogP contribution in [0.4, 0.5) is 13.2 Å². The molecule has 1 aromatic carbocycles. The van der Waals surface area contributed by atoms with E-state index in [9.17, 15) is 13.2 Å². The highest BCUT2D eigenvalue weighted by molar-refractivity contribution is 14.0. The maximum atomic E-state index is 13.6. The maximum Gasteiger partial charge on any atom is 0.416 e. The van der Waals surface area contributed by atoms with Crippen molar-refractivity contribution in [3.05, 3.63) is 41.5 Å². The van der Waals surface area contributed by atoms with Crippen LogP contribution in [-0.4, -0.2) is 39.4 Å². The normalized spacial score (nSPS) is 16.9. The van der Waals surface area contributed by atoms with Gasteiger partial charge in [0.25, 0.3) is 0 Å². The Morgan fingerprint density at radius 3 is 2.68 bits per heavy atom. The van der Waals surface area contributed by atoms with E-state index >= 15 is 0 Å². The van der Waals surface area contributed by atoms with Gasteiger partial charge in [-0.2, -0.15) is 18.3 Å². The Kier molecular flexibility index (Phi) is 8.17. The van der Waals surface area contributed by atoms with E-state index in [2.05, 4.69) is 25.7 Å². The Bertz CT molecular complexity index is 907. The summed E-state index contributed by atoms with van der Waals surface area (Å²) in [4.78, 5) is 8.33. The predicted octanol–water partition coefficient (Wildman–Crippen LogP) is 3.77. The van der Waals surface area contributed by atoms with E-state index in [0.29, 0.717) is 12.5 Å². The Balaban J connectivity index is 0.00000341. The molecule has 1 aliphatic rings. The van der Waals surface area contributed by atoms with Crippen LogP contribution in [0.15, 0.2) is 29.5 Å². The second-order valence-corrected chi connectivity index (χ2v) is 8.20. The zero-order chi connectivity index (χ0) is 21.9. The first-order chi connectivity index (χ1) is 14.0. The SMILES string of the molecule is CN=C(NCc1ccc(OC(C)(C)C)cc1C(F)(F)F)NC1CCc2ncnn2C1.I. The fraction of sp³-hybridized carbons (Fsp3) is 0.550. The van der Waals surface area contributed by atoms with Crippen molar-refractivity contribution in [3.63, 3.8) is 0 Å². The summed E-state index contributed by atoms with van der Waals surface area (Å²) in [6.07, 6.45) is -1.34. The minimum atomic E-state index is -4.49. The molecule has 0 amide bonds. The molecule has 1 aliphatic heterocycles. The molecule has 1 atom stereocenters. The van der Waals surface area contributed by atoms with Gasteiger partial charge in [0.1, 0.15) is 23.5 Å². The number of aromatic nitrogens is 3. The van der Waals surface area contributed by atoms with E-state index < -0.39 is 17.3 Å². The van der Waals surface area contributed by atoms with E-state index in [0.717, 1.165) is 24.7 Å². The number of alkyl halides is 3. The number of nitrogens with zero attached hydrogens (tertiary/aromatic N) is 4. The predicted molar refractivity (Wildman–Crippen MR) is 123 cm³/mol. The van der Waals surface area contributed by atoms with E-state index in [1.807, 2.05) is 4.68 Å². The molecule has 2 heterocycles. The van der Waals surface area contributed by atoms with Crippen molar-refractivity contribution in [2.75, 3.05) is 7.05 Å². The molecule has 172 valence electrons. The lowest BCUT2D eigenvalue weighted by molar-refractivity contribution is -0.138. The summed E-state index contributed by atoms with van der Waals surface area (Å²) in [5.41, 5.74) is -1.19. The third-order valence-electron chi connectivity index (χ3n) is 4.63. The number of benzene rings is 1. The van der Waals surface area contributed by atoms with Gasteiger partial charge in [-0.05, 0) is 44.9 Å². The van der Waals surface area contributed by atoms with Crippen molar-refractivity contribution in [1.82, 2.24) is 25.4 Å². The molecular weight excluding hydrogens is 524 g/mol. The number of nitrogens with one attached hydrogen (secondary N) is 2. The molecule has 1 unspecified atom stereocenters. The van der Waals surface area contributed by atoms with Crippen LogP contribution >= 0.6 is 24.0 Å². The summed E-state index contributed by atoms with van der Waals surface area (Å²) in [5.74, 6) is 1.56. The number of guanidine groups is 1. The highest BCUT2D eigenvalue weighted by Crippen LogP contribution is 2.35. The fourth-order valence-corrected chi connectivity index (χ4v) is 3.31. The molecule has 0 bridgehead atoms. The van der Waals surface area contributed by atoms with Crippen molar-refractivity contribution in [1.29, 1.82) is 0 Å². The van der Waals surface area contributed by atoms with Crippen LogP contribution in [0.3, 0.4) is 0 Å². The van der Waals surface area contributed by atoms with Crippen molar-refractivity contribution in [2.24, 2.45) is 4.99 Å². The van der Waals surface area contributed by atoms with Crippen LogP contribution in [0.1, 0.15) is 44.1 Å². The minimum Gasteiger partial charge on any atom is -0.488 e. The van der Waals surface area contributed by atoms with E-state index in [1.54, 1.807) is 33.9 Å². The first-order valence-electron chi connectivity index (χ1n) is 9.78. The molecule has 31 heavy (non-hydrogen) atoms. The summed E-state index contributed by atoms with van der Waals surface area (Å²) in [5, 5.41) is 10.4. The summed E-state index contributed by atoms with van der Waals surface area (Å²) in [6.45, 7) is 5.98. The summed E-state index contributed by atoms with van der Waals surface area (Å²) >= 11 is 0. The van der Waals surface area contributed by atoms with Gasteiger partial charge in [0.05, 0.1) is 12.1 Å². The van der Waals surface area contributed by atoms with Crippen molar-refractivity contribution in [2.45, 2.75) is 64.5 Å². The highest BCUT2D eigenvalue weighted by atomic mass is 127. The van der Waals surface area contributed by atoms with Crippen LogP contribution in [0.5, 0.6) is 5.75 Å². The van der Waals surface area contributed by atoms with Crippen LogP contribution < -0.4 is 15.4 Å².